The number of amides is 2. The summed E-state index contributed by atoms with van der Waals surface area (Å²) in [5.41, 5.74) is 0.559. The number of aromatic nitrogens is 2. The van der Waals surface area contributed by atoms with Crippen LogP contribution in [-0.2, 0) is 5.54 Å². The Kier molecular flexibility index (Phi) is 4.90. The highest BCUT2D eigenvalue weighted by molar-refractivity contribution is 7.09. The zero-order valence-corrected chi connectivity index (χ0v) is 13.3. The zero-order chi connectivity index (χ0) is 15.3. The quantitative estimate of drug-likeness (QED) is 0.891. The average Bonchev–Trinajstić information content (AvgIpc) is 3.00. The topological polar surface area (TPSA) is 66.9 Å². The molecule has 2 rings (SSSR count). The maximum atomic E-state index is 12.2. The first-order chi connectivity index (χ1) is 10.0. The van der Waals surface area contributed by atoms with Gasteiger partial charge >= 0.3 is 6.03 Å². The zero-order valence-electron chi connectivity index (χ0n) is 12.5. The Bertz CT molecular complexity index is 569. The summed E-state index contributed by atoms with van der Waals surface area (Å²) in [6, 6.07) is 3.61. The molecule has 21 heavy (non-hydrogen) atoms. The van der Waals surface area contributed by atoms with Crippen molar-refractivity contribution in [2.24, 2.45) is 0 Å². The van der Waals surface area contributed by atoms with Crippen LogP contribution in [0.3, 0.4) is 0 Å². The van der Waals surface area contributed by atoms with Gasteiger partial charge in [-0.05, 0) is 38.0 Å². The molecule has 0 spiro atoms. The molecule has 0 aromatic carbocycles. The Labute approximate surface area is 128 Å². The van der Waals surface area contributed by atoms with E-state index in [0.29, 0.717) is 0 Å². The Balaban J connectivity index is 2.01. The second-order valence-corrected chi connectivity index (χ2v) is 6.20. The average molecular weight is 304 g/mol. The molecule has 5 nitrogen and oxygen atoms in total. The van der Waals surface area contributed by atoms with Crippen molar-refractivity contribution in [1.29, 1.82) is 0 Å². The fourth-order valence-corrected chi connectivity index (χ4v) is 2.80. The smallest absolute Gasteiger partial charge is 0.316 e. The lowest BCUT2D eigenvalue weighted by Gasteiger charge is -2.26. The van der Waals surface area contributed by atoms with Gasteiger partial charge in [-0.15, -0.1) is 11.3 Å². The minimum atomic E-state index is -0.491. The third kappa shape index (κ3) is 4.01. The van der Waals surface area contributed by atoms with Crippen LogP contribution < -0.4 is 10.6 Å². The summed E-state index contributed by atoms with van der Waals surface area (Å²) in [6.45, 7) is 5.93. The molecule has 2 aromatic heterocycles. The largest absolute Gasteiger partial charge is 0.331 e. The van der Waals surface area contributed by atoms with E-state index in [2.05, 4.69) is 20.6 Å². The Hall–Kier alpha value is -1.95. The molecular formula is C15H20N4OS. The number of urea groups is 1. The van der Waals surface area contributed by atoms with Crippen molar-refractivity contribution in [3.05, 3.63) is 46.7 Å². The van der Waals surface area contributed by atoms with Crippen molar-refractivity contribution in [3.63, 3.8) is 0 Å². The first-order valence-electron chi connectivity index (χ1n) is 6.91. The highest BCUT2D eigenvalue weighted by atomic mass is 32.1. The number of hydrogen-bond acceptors (Lipinski definition) is 4. The fourth-order valence-electron chi connectivity index (χ4n) is 2.08. The van der Waals surface area contributed by atoms with Crippen LogP contribution in [0.5, 0.6) is 0 Å². The van der Waals surface area contributed by atoms with E-state index in [1.807, 2.05) is 38.3 Å². The Morgan fingerprint density at radius 2 is 2.05 bits per heavy atom. The minimum absolute atomic E-state index is 0.0277. The van der Waals surface area contributed by atoms with Crippen LogP contribution in [0.2, 0.25) is 0 Å². The molecule has 0 radical (unpaired) electrons. The molecule has 2 amide bonds. The number of rotatable bonds is 5. The molecule has 2 heterocycles. The lowest BCUT2D eigenvalue weighted by molar-refractivity contribution is 0.225. The van der Waals surface area contributed by atoms with Gasteiger partial charge in [0, 0.05) is 24.0 Å². The van der Waals surface area contributed by atoms with Gasteiger partial charge in [0.15, 0.2) is 0 Å². The van der Waals surface area contributed by atoms with Crippen LogP contribution in [0.15, 0.2) is 36.1 Å². The summed E-state index contributed by atoms with van der Waals surface area (Å²) in [5.74, 6) is 0. The van der Waals surface area contributed by atoms with Crippen LogP contribution in [0.4, 0.5) is 4.79 Å². The number of thiazole rings is 1. The molecule has 0 aliphatic carbocycles. The van der Waals surface area contributed by atoms with Gasteiger partial charge in [-0.2, -0.15) is 0 Å². The van der Waals surface area contributed by atoms with Crippen LogP contribution in [0.25, 0.3) is 0 Å². The third-order valence-corrected chi connectivity index (χ3v) is 4.31. The molecule has 2 aromatic rings. The number of hydrogen-bond donors (Lipinski definition) is 2. The molecule has 0 aliphatic rings. The summed E-state index contributed by atoms with van der Waals surface area (Å²) in [5, 5.41) is 8.76. The van der Waals surface area contributed by atoms with Gasteiger partial charge in [0.25, 0.3) is 0 Å². The van der Waals surface area contributed by atoms with E-state index in [4.69, 9.17) is 0 Å². The maximum Gasteiger partial charge on any atom is 0.316 e. The molecule has 0 fully saturated rings. The Morgan fingerprint density at radius 1 is 1.33 bits per heavy atom. The van der Waals surface area contributed by atoms with E-state index in [9.17, 15) is 4.79 Å². The van der Waals surface area contributed by atoms with Crippen LogP contribution in [0, 0.1) is 0 Å². The van der Waals surface area contributed by atoms with Gasteiger partial charge in [0.2, 0.25) is 0 Å². The standard InChI is InChI=1S/C15H20N4OS/c1-4-12(11-5-7-16-8-6-11)18-14(20)19-15(2,3)13-17-9-10-21-13/h5-10,12H,4H2,1-3H3,(H2,18,19,20)/t12-/m0/s1. The summed E-state index contributed by atoms with van der Waals surface area (Å²) in [6.07, 6.45) is 6.02. The van der Waals surface area contributed by atoms with E-state index in [0.717, 1.165) is 17.0 Å². The lowest BCUT2D eigenvalue weighted by atomic mass is 10.1. The number of nitrogens with zero attached hydrogens (tertiary/aromatic N) is 2. The number of carbonyl (C=O) groups excluding carboxylic acids is 1. The highest BCUT2D eigenvalue weighted by Crippen LogP contribution is 2.22. The molecular weight excluding hydrogens is 284 g/mol. The van der Waals surface area contributed by atoms with Crippen LogP contribution in [0.1, 0.15) is 43.8 Å². The van der Waals surface area contributed by atoms with Gasteiger partial charge in [-0.1, -0.05) is 6.92 Å². The first kappa shape index (κ1) is 15.4. The molecule has 0 unspecified atom stereocenters. The van der Waals surface area contributed by atoms with Crippen LogP contribution in [-0.4, -0.2) is 16.0 Å². The summed E-state index contributed by atoms with van der Waals surface area (Å²) in [4.78, 5) is 20.5. The SMILES string of the molecule is CC[C@H](NC(=O)NC(C)(C)c1nccs1)c1ccncc1. The van der Waals surface area contributed by atoms with Gasteiger partial charge in [0.1, 0.15) is 5.01 Å². The molecule has 0 saturated carbocycles. The number of pyridine rings is 1. The predicted molar refractivity (Wildman–Crippen MR) is 84.1 cm³/mol. The number of nitrogens with one attached hydrogen (secondary N) is 2. The van der Waals surface area contributed by atoms with Gasteiger partial charge < -0.3 is 10.6 Å². The molecule has 2 N–H and O–H groups in total. The lowest BCUT2D eigenvalue weighted by Crippen LogP contribution is -2.47. The second kappa shape index (κ2) is 6.67. The molecule has 6 heteroatoms. The minimum Gasteiger partial charge on any atom is -0.331 e. The third-order valence-electron chi connectivity index (χ3n) is 3.22. The van der Waals surface area contributed by atoms with Crippen molar-refractivity contribution in [3.8, 4) is 0 Å². The second-order valence-electron chi connectivity index (χ2n) is 5.30. The summed E-state index contributed by atoms with van der Waals surface area (Å²) < 4.78 is 0. The monoisotopic (exact) mass is 304 g/mol. The van der Waals surface area contributed by atoms with Crippen molar-refractivity contribution in [2.75, 3.05) is 0 Å². The van der Waals surface area contributed by atoms with E-state index >= 15 is 0 Å². The van der Waals surface area contributed by atoms with Crippen molar-refractivity contribution < 1.29 is 4.79 Å². The number of carbonyl (C=O) groups is 1. The molecule has 0 aliphatic heterocycles. The van der Waals surface area contributed by atoms with Crippen LogP contribution >= 0.6 is 11.3 Å². The Morgan fingerprint density at radius 3 is 2.62 bits per heavy atom. The fraction of sp³-hybridized carbons (Fsp3) is 0.400. The normalized spacial score (nSPS) is 12.7. The molecule has 0 saturated heterocycles. The van der Waals surface area contributed by atoms with E-state index < -0.39 is 5.54 Å². The van der Waals surface area contributed by atoms with Gasteiger partial charge in [-0.25, -0.2) is 9.78 Å². The summed E-state index contributed by atoms with van der Waals surface area (Å²) in [7, 11) is 0. The molecule has 112 valence electrons. The van der Waals surface area contributed by atoms with E-state index in [1.54, 1.807) is 18.6 Å². The van der Waals surface area contributed by atoms with Crippen molar-refractivity contribution in [2.45, 2.75) is 38.8 Å². The van der Waals surface area contributed by atoms with Crippen molar-refractivity contribution in [1.82, 2.24) is 20.6 Å². The van der Waals surface area contributed by atoms with E-state index in [1.165, 1.54) is 11.3 Å². The van der Waals surface area contributed by atoms with Gasteiger partial charge in [0.05, 0.1) is 11.6 Å². The predicted octanol–water partition coefficient (Wildman–Crippen LogP) is 3.22. The first-order valence-corrected chi connectivity index (χ1v) is 7.79. The maximum absolute atomic E-state index is 12.2. The van der Waals surface area contributed by atoms with Gasteiger partial charge in [-0.3, -0.25) is 4.98 Å². The molecule has 1 atom stereocenters. The van der Waals surface area contributed by atoms with E-state index in [-0.39, 0.29) is 12.1 Å². The molecule has 0 bridgehead atoms. The van der Waals surface area contributed by atoms with Crippen molar-refractivity contribution >= 4 is 17.4 Å². The highest BCUT2D eigenvalue weighted by Gasteiger charge is 2.26. The summed E-state index contributed by atoms with van der Waals surface area (Å²) >= 11 is 1.53.